The van der Waals surface area contributed by atoms with Gasteiger partial charge < -0.3 is 24.8 Å². The molecule has 1 saturated heterocycles. The molecular weight excluding hydrogens is 644 g/mol. The van der Waals surface area contributed by atoms with Crippen molar-refractivity contribution in [1.82, 2.24) is 20.7 Å². The Morgan fingerprint density at radius 3 is 2.25 bits per heavy atom. The van der Waals surface area contributed by atoms with Crippen LogP contribution in [-0.2, 0) is 38.6 Å². The van der Waals surface area contributed by atoms with Crippen LogP contribution in [0.15, 0.2) is 97.2 Å². The minimum absolute atomic E-state index is 0.000403. The number of unbranched alkanes of at least 4 members (excludes halogenated alkanes) is 3. The Morgan fingerprint density at radius 2 is 1.55 bits per heavy atom. The van der Waals surface area contributed by atoms with Gasteiger partial charge in [0, 0.05) is 62.8 Å². The van der Waals surface area contributed by atoms with Gasteiger partial charge in [-0.15, -0.1) is 0 Å². The molecule has 2 heterocycles. The molecule has 1 aromatic heterocycles. The highest BCUT2D eigenvalue weighted by Gasteiger charge is 2.32. The second-order valence-electron chi connectivity index (χ2n) is 13.2. The van der Waals surface area contributed by atoms with Gasteiger partial charge in [0.15, 0.2) is 6.29 Å². The van der Waals surface area contributed by atoms with E-state index in [4.69, 9.17) is 14.7 Å². The normalized spacial score (nSPS) is 17.3. The Labute approximate surface area is 300 Å². The summed E-state index contributed by atoms with van der Waals surface area (Å²) in [7, 11) is 2.11. The first-order valence-corrected chi connectivity index (χ1v) is 17.9. The predicted molar refractivity (Wildman–Crippen MR) is 195 cm³/mol. The van der Waals surface area contributed by atoms with Crippen molar-refractivity contribution in [2.75, 3.05) is 20.1 Å². The van der Waals surface area contributed by atoms with E-state index in [1.807, 2.05) is 60.8 Å². The van der Waals surface area contributed by atoms with E-state index in [1.165, 1.54) is 0 Å². The first-order valence-electron chi connectivity index (χ1n) is 17.9. The molecule has 10 heteroatoms. The number of carbonyl (C=O) groups is 2. The Kier molecular flexibility index (Phi) is 14.7. The van der Waals surface area contributed by atoms with Crippen LogP contribution in [0.2, 0.25) is 0 Å². The van der Waals surface area contributed by atoms with Crippen molar-refractivity contribution in [2.24, 2.45) is 0 Å². The second kappa shape index (κ2) is 19.8. The van der Waals surface area contributed by atoms with Crippen LogP contribution in [-0.4, -0.2) is 58.3 Å². The highest BCUT2D eigenvalue weighted by Crippen LogP contribution is 2.38. The molecular formula is C41H50N4O6. The SMILES string of the molecule is CN(CCc1ccccn1)C[C@H]1C[C@@H](c2ccc(CO)cc2)O[C@@H](c2ccc(-c3ccccc3CNC(=O)CCCCCCC(=O)NO)cc2)O1. The highest BCUT2D eigenvalue weighted by molar-refractivity contribution is 5.76. The average molecular weight is 695 g/mol. The van der Waals surface area contributed by atoms with Crippen LogP contribution >= 0.6 is 0 Å². The Hall–Kier alpha value is -4.45. The summed E-state index contributed by atoms with van der Waals surface area (Å²) in [5, 5.41) is 21.2. The largest absolute Gasteiger partial charge is 0.392 e. The van der Waals surface area contributed by atoms with Crippen molar-refractivity contribution in [1.29, 1.82) is 0 Å². The minimum Gasteiger partial charge on any atom is -0.392 e. The van der Waals surface area contributed by atoms with Crippen LogP contribution in [0.1, 0.15) is 85.3 Å². The van der Waals surface area contributed by atoms with Gasteiger partial charge in [0.2, 0.25) is 11.8 Å². The number of nitrogens with one attached hydrogen (secondary N) is 2. The van der Waals surface area contributed by atoms with Crippen LogP contribution in [0.25, 0.3) is 11.1 Å². The maximum atomic E-state index is 12.6. The number of hydrogen-bond acceptors (Lipinski definition) is 8. The molecule has 10 nitrogen and oxygen atoms in total. The minimum atomic E-state index is -0.550. The van der Waals surface area contributed by atoms with Gasteiger partial charge in [-0.1, -0.05) is 91.7 Å². The second-order valence-corrected chi connectivity index (χ2v) is 13.2. The van der Waals surface area contributed by atoms with E-state index in [2.05, 4.69) is 58.6 Å². The average Bonchev–Trinajstić information content (AvgIpc) is 3.18. The smallest absolute Gasteiger partial charge is 0.243 e. The lowest BCUT2D eigenvalue weighted by Crippen LogP contribution is -2.38. The number of benzene rings is 3. The summed E-state index contributed by atoms with van der Waals surface area (Å²) in [6.45, 7) is 2.03. The number of hydroxylamine groups is 1. The third-order valence-electron chi connectivity index (χ3n) is 9.28. The van der Waals surface area contributed by atoms with Gasteiger partial charge in [-0.25, -0.2) is 5.48 Å². The van der Waals surface area contributed by atoms with E-state index in [1.54, 1.807) is 5.48 Å². The van der Waals surface area contributed by atoms with Gasteiger partial charge in [0.05, 0.1) is 18.8 Å². The number of amides is 2. The third kappa shape index (κ3) is 11.8. The molecule has 4 N–H and O–H groups in total. The molecule has 1 aliphatic heterocycles. The van der Waals surface area contributed by atoms with Gasteiger partial charge in [-0.2, -0.15) is 0 Å². The fourth-order valence-electron chi connectivity index (χ4n) is 6.36. The van der Waals surface area contributed by atoms with E-state index in [9.17, 15) is 14.7 Å². The lowest BCUT2D eigenvalue weighted by atomic mass is 9.97. The van der Waals surface area contributed by atoms with Crippen LogP contribution < -0.4 is 10.8 Å². The van der Waals surface area contributed by atoms with Crippen LogP contribution in [0.3, 0.4) is 0 Å². The van der Waals surface area contributed by atoms with Crippen molar-refractivity contribution in [3.63, 3.8) is 0 Å². The lowest BCUT2D eigenvalue weighted by Gasteiger charge is -2.38. The lowest BCUT2D eigenvalue weighted by molar-refractivity contribution is -0.252. The van der Waals surface area contributed by atoms with Crippen molar-refractivity contribution >= 4 is 11.8 Å². The Balaban J connectivity index is 1.21. The monoisotopic (exact) mass is 694 g/mol. The summed E-state index contributed by atoms with van der Waals surface area (Å²) >= 11 is 0. The fraction of sp³-hybridized carbons (Fsp3) is 0.390. The first-order chi connectivity index (χ1) is 24.9. The Morgan fingerprint density at radius 1 is 0.843 bits per heavy atom. The van der Waals surface area contributed by atoms with Crippen LogP contribution in [0, 0.1) is 0 Å². The van der Waals surface area contributed by atoms with Gasteiger partial charge >= 0.3 is 0 Å². The number of carbonyl (C=O) groups excluding carboxylic acids is 2. The molecule has 270 valence electrons. The molecule has 1 fully saturated rings. The maximum absolute atomic E-state index is 12.6. The number of hydrogen-bond donors (Lipinski definition) is 4. The third-order valence-corrected chi connectivity index (χ3v) is 9.28. The zero-order chi connectivity index (χ0) is 35.8. The van der Waals surface area contributed by atoms with Crippen molar-refractivity contribution in [3.8, 4) is 11.1 Å². The number of likely N-dealkylation sites (N-methyl/N-ethyl adjacent to an activating group) is 1. The molecule has 5 rings (SSSR count). The summed E-state index contributed by atoms with van der Waals surface area (Å²) < 4.78 is 13.2. The summed E-state index contributed by atoms with van der Waals surface area (Å²) in [5.74, 6) is -0.384. The van der Waals surface area contributed by atoms with E-state index < -0.39 is 6.29 Å². The highest BCUT2D eigenvalue weighted by atomic mass is 16.7. The van der Waals surface area contributed by atoms with Gasteiger partial charge in [-0.3, -0.25) is 19.8 Å². The number of nitrogens with zero attached hydrogens (tertiary/aromatic N) is 2. The van der Waals surface area contributed by atoms with Crippen LogP contribution in [0.5, 0.6) is 0 Å². The van der Waals surface area contributed by atoms with E-state index >= 15 is 0 Å². The number of rotatable bonds is 18. The molecule has 0 radical (unpaired) electrons. The predicted octanol–water partition coefficient (Wildman–Crippen LogP) is 6.42. The van der Waals surface area contributed by atoms with Crippen LogP contribution in [0.4, 0.5) is 0 Å². The topological polar surface area (TPSA) is 133 Å². The molecule has 0 bridgehead atoms. The molecule has 3 atom stereocenters. The molecule has 0 unspecified atom stereocenters. The van der Waals surface area contributed by atoms with Gasteiger partial charge in [0.25, 0.3) is 0 Å². The van der Waals surface area contributed by atoms with Crippen molar-refractivity contribution in [2.45, 2.75) is 83.0 Å². The molecule has 0 spiro atoms. The van der Waals surface area contributed by atoms with E-state index in [-0.39, 0.29) is 37.0 Å². The van der Waals surface area contributed by atoms with E-state index in [0.29, 0.717) is 25.8 Å². The standard InChI is InChI=1S/C41H50N4O6/c1-45(25-23-35-11-8-9-24-42-35)28-36-26-38(32-17-15-30(29-46)16-18-32)51-41(50-36)33-21-19-31(20-22-33)37-12-7-6-10-34(37)27-43-39(47)13-4-2-3-5-14-40(48)44-49/h6-12,15-22,24,36,38,41,46,49H,2-5,13-14,23,25-29H2,1H3,(H,43,47)(H,44,48)/t36-,38+,41+/m1/s1. The number of aliphatic hydroxyl groups is 1. The molecule has 4 aromatic rings. The van der Waals surface area contributed by atoms with Crippen molar-refractivity contribution in [3.05, 3.63) is 125 Å². The zero-order valence-corrected chi connectivity index (χ0v) is 29.4. The number of aromatic nitrogens is 1. The molecule has 2 amide bonds. The molecule has 0 aliphatic carbocycles. The molecule has 0 saturated carbocycles. The molecule has 51 heavy (non-hydrogen) atoms. The Bertz CT molecular complexity index is 1650. The fourth-order valence-corrected chi connectivity index (χ4v) is 6.36. The number of aliphatic hydroxyl groups excluding tert-OH is 1. The number of ether oxygens (including phenoxy) is 2. The van der Waals surface area contributed by atoms with Gasteiger partial charge in [-0.05, 0) is 59.8 Å². The zero-order valence-electron chi connectivity index (χ0n) is 29.4. The van der Waals surface area contributed by atoms with Crippen molar-refractivity contribution < 1.29 is 29.4 Å². The quantitative estimate of drug-likeness (QED) is 0.0533. The summed E-state index contributed by atoms with van der Waals surface area (Å²) in [4.78, 5) is 30.4. The molecule has 3 aromatic carbocycles. The summed E-state index contributed by atoms with van der Waals surface area (Å²) in [6, 6.07) is 30.3. The molecule has 1 aliphatic rings. The maximum Gasteiger partial charge on any atom is 0.243 e. The van der Waals surface area contributed by atoms with Gasteiger partial charge in [0.1, 0.15) is 0 Å². The number of pyridine rings is 1. The first kappa shape index (κ1) is 37.8. The van der Waals surface area contributed by atoms with E-state index in [0.717, 1.165) is 77.8 Å². The summed E-state index contributed by atoms with van der Waals surface area (Å²) in [6.07, 6.45) is 6.46. The summed E-state index contributed by atoms with van der Waals surface area (Å²) in [5.41, 5.74) is 8.67.